The van der Waals surface area contributed by atoms with Gasteiger partial charge in [0.15, 0.2) is 5.75 Å². The van der Waals surface area contributed by atoms with E-state index in [0.29, 0.717) is 23.8 Å². The Morgan fingerprint density at radius 2 is 1.71 bits per heavy atom. The van der Waals surface area contributed by atoms with Crippen LogP contribution in [0.5, 0.6) is 11.6 Å². The number of rotatable bonds is 15. The summed E-state index contributed by atoms with van der Waals surface area (Å²) in [6.45, 7) is 10.7. The number of hydrogen-bond acceptors (Lipinski definition) is 10. The lowest BCUT2D eigenvalue weighted by atomic mass is 9.67. The van der Waals surface area contributed by atoms with Crippen molar-refractivity contribution in [3.05, 3.63) is 83.4 Å². The molecule has 1 fully saturated rings. The van der Waals surface area contributed by atoms with Gasteiger partial charge in [-0.05, 0) is 81.7 Å². The minimum absolute atomic E-state index is 0.0262. The summed E-state index contributed by atoms with van der Waals surface area (Å²) in [4.78, 5) is 29.1. The van der Waals surface area contributed by atoms with E-state index in [1.807, 2.05) is 45.9 Å². The van der Waals surface area contributed by atoms with Crippen LogP contribution in [0.2, 0.25) is 0 Å². The summed E-state index contributed by atoms with van der Waals surface area (Å²) < 4.78 is 41.1. The zero-order valence-electron chi connectivity index (χ0n) is 27.9. The molecule has 0 unspecified atom stereocenters. The van der Waals surface area contributed by atoms with Crippen LogP contribution in [0, 0.1) is 19.3 Å². The van der Waals surface area contributed by atoms with Crippen molar-refractivity contribution in [1.29, 1.82) is 0 Å². The number of carboxylic acids is 1. The third kappa shape index (κ3) is 8.84. The molecule has 2 aromatic heterocycles. The molecular weight excluding hydrogens is 632 g/mol. The molecule has 254 valence electrons. The Kier molecular flexibility index (Phi) is 10.6. The smallest absolute Gasteiger partial charge is 0.335 e. The number of hydrogen-bond donors (Lipinski definition) is 3. The van der Waals surface area contributed by atoms with E-state index in [2.05, 4.69) is 36.9 Å². The van der Waals surface area contributed by atoms with Crippen molar-refractivity contribution >= 4 is 21.9 Å². The lowest BCUT2D eigenvalue weighted by molar-refractivity contribution is 0.0696. The fourth-order valence-electron chi connectivity index (χ4n) is 5.82. The van der Waals surface area contributed by atoms with Crippen LogP contribution in [0.1, 0.15) is 73.8 Å². The average molecular weight is 675 g/mol. The van der Waals surface area contributed by atoms with E-state index >= 15 is 0 Å². The highest BCUT2D eigenvalue weighted by Gasteiger charge is 2.34. The van der Waals surface area contributed by atoms with Gasteiger partial charge in [-0.25, -0.2) is 32.9 Å². The number of nitrogens with zero attached hydrogens (tertiary/aromatic N) is 4. The number of sulfonamides is 1. The van der Waals surface area contributed by atoms with Crippen LogP contribution in [0.4, 0.5) is 5.95 Å². The molecule has 0 saturated heterocycles. The molecule has 0 radical (unpaired) electrons. The second-order valence-electron chi connectivity index (χ2n) is 12.9. The number of nitrogens with one attached hydrogen (secondary N) is 2. The highest BCUT2D eigenvalue weighted by Crippen LogP contribution is 2.44. The summed E-state index contributed by atoms with van der Waals surface area (Å²) in [6, 6.07) is 12.6. The monoisotopic (exact) mass is 674 g/mol. The van der Waals surface area contributed by atoms with E-state index in [-0.39, 0.29) is 46.5 Å². The number of carbonyl (C=O) groups is 1. The molecule has 12 nitrogen and oxygen atoms in total. The number of aryl methyl sites for hydroxylation is 2. The van der Waals surface area contributed by atoms with Gasteiger partial charge in [0.1, 0.15) is 12.4 Å². The molecule has 1 aliphatic rings. The van der Waals surface area contributed by atoms with Gasteiger partial charge in [-0.2, -0.15) is 4.98 Å². The highest BCUT2D eigenvalue weighted by molar-refractivity contribution is 7.92. The van der Waals surface area contributed by atoms with Crippen molar-refractivity contribution in [2.24, 2.45) is 5.41 Å². The van der Waals surface area contributed by atoms with Crippen molar-refractivity contribution < 1.29 is 27.8 Å². The first-order valence-corrected chi connectivity index (χ1v) is 17.4. The molecule has 2 heterocycles. The highest BCUT2D eigenvalue weighted by atomic mass is 32.2. The molecule has 1 saturated carbocycles. The summed E-state index contributed by atoms with van der Waals surface area (Å²) >= 11 is 0. The summed E-state index contributed by atoms with van der Waals surface area (Å²) in [5.74, 6) is -0.00767. The van der Waals surface area contributed by atoms with Gasteiger partial charge in [0, 0.05) is 17.7 Å². The van der Waals surface area contributed by atoms with Gasteiger partial charge in [-0.15, -0.1) is 0 Å². The Balaban J connectivity index is 1.41. The lowest BCUT2D eigenvalue weighted by Crippen LogP contribution is -2.41. The number of anilines is 1. The van der Waals surface area contributed by atoms with Crippen LogP contribution < -0.4 is 19.5 Å². The predicted octanol–water partition coefficient (Wildman–Crippen LogP) is 5.95. The van der Waals surface area contributed by atoms with Crippen molar-refractivity contribution in [3.8, 4) is 22.9 Å². The Morgan fingerprint density at radius 1 is 1.02 bits per heavy atom. The van der Waals surface area contributed by atoms with E-state index in [1.54, 1.807) is 18.5 Å². The van der Waals surface area contributed by atoms with E-state index in [9.17, 15) is 18.3 Å². The number of carboxylic acid groups (broad SMARTS) is 1. The maximum Gasteiger partial charge on any atom is 0.335 e. The Bertz CT molecular complexity index is 1840. The topological polar surface area (TPSA) is 166 Å². The van der Waals surface area contributed by atoms with Gasteiger partial charge in [-0.1, -0.05) is 37.6 Å². The third-order valence-electron chi connectivity index (χ3n) is 8.39. The summed E-state index contributed by atoms with van der Waals surface area (Å²) in [5.41, 5.74) is 3.24. The first-order chi connectivity index (χ1) is 22.8. The van der Waals surface area contributed by atoms with Crippen LogP contribution in [-0.2, 0) is 16.6 Å². The number of aromatic carboxylic acids is 1. The number of benzene rings is 2. The molecule has 0 spiro atoms. The maximum atomic E-state index is 13.4. The maximum absolute atomic E-state index is 13.4. The zero-order valence-corrected chi connectivity index (χ0v) is 28.7. The van der Waals surface area contributed by atoms with E-state index < -0.39 is 16.0 Å². The minimum atomic E-state index is -4.23. The Hall–Kier alpha value is -4.62. The Labute approximate surface area is 281 Å². The molecule has 0 aliphatic heterocycles. The molecule has 13 heteroatoms. The van der Waals surface area contributed by atoms with Crippen LogP contribution in [0.25, 0.3) is 11.3 Å². The molecule has 0 amide bonds. The van der Waals surface area contributed by atoms with Crippen molar-refractivity contribution in [2.75, 3.05) is 11.3 Å². The molecular formula is C35H42N6O6S. The lowest BCUT2D eigenvalue weighted by Gasteiger charge is -2.41. The van der Waals surface area contributed by atoms with E-state index in [1.165, 1.54) is 24.6 Å². The van der Waals surface area contributed by atoms with Gasteiger partial charge in [-0.3, -0.25) is 0 Å². The average Bonchev–Trinajstić information content (AvgIpc) is 3.01. The molecule has 4 aromatic rings. The molecule has 3 N–H and O–H groups in total. The van der Waals surface area contributed by atoms with Gasteiger partial charge < -0.3 is 19.9 Å². The minimum Gasteiger partial charge on any atom is -0.488 e. The summed E-state index contributed by atoms with van der Waals surface area (Å²) in [6.07, 6.45) is 7.66. The summed E-state index contributed by atoms with van der Waals surface area (Å²) in [5, 5.41) is 12.9. The number of ether oxygens (including phenoxy) is 2. The molecule has 5 rings (SSSR count). The van der Waals surface area contributed by atoms with Crippen LogP contribution in [0.3, 0.4) is 0 Å². The fourth-order valence-corrected chi connectivity index (χ4v) is 6.81. The van der Waals surface area contributed by atoms with Crippen LogP contribution >= 0.6 is 0 Å². The van der Waals surface area contributed by atoms with Crippen LogP contribution in [0.15, 0.2) is 65.8 Å². The van der Waals surface area contributed by atoms with E-state index in [0.717, 1.165) is 42.0 Å². The van der Waals surface area contributed by atoms with Crippen molar-refractivity contribution in [2.45, 2.75) is 83.9 Å². The summed E-state index contributed by atoms with van der Waals surface area (Å²) in [7, 11) is -4.23. The van der Waals surface area contributed by atoms with Crippen LogP contribution in [-0.4, -0.2) is 58.2 Å². The SMILES string of the molecule is Cc1cccc(C)c1-c1cc(OC[C@@H](CC2(C)CCC2)NCc2ncc(OC(C)C)cn2)nc(NS(=O)(=O)c2cccc(C(=O)O)c2)n1. The quantitative estimate of drug-likeness (QED) is 0.136. The van der Waals surface area contributed by atoms with Crippen molar-refractivity contribution in [1.82, 2.24) is 25.3 Å². The fraction of sp³-hybridized carbons (Fsp3) is 0.400. The second-order valence-corrected chi connectivity index (χ2v) is 14.6. The van der Waals surface area contributed by atoms with Crippen molar-refractivity contribution in [3.63, 3.8) is 0 Å². The predicted molar refractivity (Wildman–Crippen MR) is 182 cm³/mol. The van der Waals surface area contributed by atoms with Gasteiger partial charge in [0.2, 0.25) is 11.8 Å². The van der Waals surface area contributed by atoms with Gasteiger partial charge >= 0.3 is 5.97 Å². The third-order valence-corrected chi connectivity index (χ3v) is 9.72. The number of aromatic nitrogens is 4. The Morgan fingerprint density at radius 3 is 2.33 bits per heavy atom. The molecule has 1 atom stereocenters. The molecule has 48 heavy (non-hydrogen) atoms. The van der Waals surface area contributed by atoms with Gasteiger partial charge in [0.25, 0.3) is 10.0 Å². The molecule has 0 bridgehead atoms. The van der Waals surface area contributed by atoms with Gasteiger partial charge in [0.05, 0.1) is 41.2 Å². The molecule has 2 aromatic carbocycles. The normalized spacial score (nSPS) is 14.6. The standard InChI is InChI=1S/C35H42N6O6S/c1-22(2)47-27-18-37-30(38-19-27)20-36-26(17-35(5)13-8-14-35)21-46-31-16-29(32-23(3)9-6-10-24(32)4)39-34(40-31)41-48(44,45)28-12-7-11-25(15-28)33(42)43/h6-7,9-12,15-16,18-19,22,26,36H,8,13-14,17,20-21H2,1-5H3,(H,42,43)(H,39,40,41)/t26-/m1/s1. The molecule has 1 aliphatic carbocycles. The zero-order chi connectivity index (χ0) is 34.5. The second kappa shape index (κ2) is 14.7. The largest absolute Gasteiger partial charge is 0.488 e. The first kappa shape index (κ1) is 34.7. The van der Waals surface area contributed by atoms with E-state index in [4.69, 9.17) is 9.47 Å². The first-order valence-electron chi connectivity index (χ1n) is 16.0.